The van der Waals surface area contributed by atoms with Crippen molar-refractivity contribution in [2.24, 2.45) is 0 Å². The minimum atomic E-state index is -3.97. The largest absolute Gasteiger partial charge is 0.336 e. The lowest BCUT2D eigenvalue weighted by Crippen LogP contribution is -2.46. The molecule has 0 saturated heterocycles. The van der Waals surface area contributed by atoms with Crippen molar-refractivity contribution in [1.82, 2.24) is 10.0 Å². The monoisotopic (exact) mass is 448 g/mol. The third-order valence-corrected chi connectivity index (χ3v) is 6.88. The van der Waals surface area contributed by atoms with Crippen molar-refractivity contribution in [3.8, 4) is 0 Å². The summed E-state index contributed by atoms with van der Waals surface area (Å²) in [6, 6.07) is 25.4. The number of rotatable bonds is 9. The fraction of sp³-hybridized carbons (Fsp3) is 0.192. The van der Waals surface area contributed by atoms with Crippen LogP contribution in [0.25, 0.3) is 0 Å². The van der Waals surface area contributed by atoms with Gasteiger partial charge in [-0.1, -0.05) is 84.4 Å². The van der Waals surface area contributed by atoms with Gasteiger partial charge >= 0.3 is 6.03 Å². The van der Waals surface area contributed by atoms with E-state index in [1.165, 1.54) is 12.1 Å². The lowest BCUT2D eigenvalue weighted by Gasteiger charge is -2.35. The van der Waals surface area contributed by atoms with E-state index in [9.17, 15) is 13.2 Å². The summed E-state index contributed by atoms with van der Waals surface area (Å²) in [6.45, 7) is 5.95. The molecule has 0 aliphatic carbocycles. The number of carbonyl (C=O) groups is 1. The van der Waals surface area contributed by atoms with E-state index in [1.807, 2.05) is 73.7 Å². The molecule has 0 heterocycles. The minimum absolute atomic E-state index is 0.0438. The van der Waals surface area contributed by atoms with Gasteiger partial charge in [-0.2, -0.15) is 0 Å². The first-order chi connectivity index (χ1) is 15.4. The SMILES string of the molecule is C=CCCC(CNC(=O)NS(=O)(=O)c1ccc(C)cc1)(c1ccccc1)c1ccccc1. The number of sulfonamides is 1. The van der Waals surface area contributed by atoms with Crippen LogP contribution in [-0.2, 0) is 15.4 Å². The first-order valence-corrected chi connectivity index (χ1v) is 11.9. The van der Waals surface area contributed by atoms with Gasteiger partial charge < -0.3 is 5.32 Å². The highest BCUT2D eigenvalue weighted by Crippen LogP contribution is 2.36. The van der Waals surface area contributed by atoms with Gasteiger partial charge in [0.05, 0.1) is 4.90 Å². The molecule has 0 spiro atoms. The Morgan fingerprint density at radius 1 is 0.906 bits per heavy atom. The number of carbonyl (C=O) groups excluding carboxylic acids is 1. The van der Waals surface area contributed by atoms with Gasteiger partial charge in [-0.05, 0) is 43.0 Å². The molecular weight excluding hydrogens is 420 g/mol. The fourth-order valence-corrected chi connectivity index (χ4v) is 4.70. The highest BCUT2D eigenvalue weighted by Gasteiger charge is 2.34. The van der Waals surface area contributed by atoms with E-state index < -0.39 is 21.5 Å². The Bertz CT molecular complexity index is 1100. The van der Waals surface area contributed by atoms with Crippen LogP contribution in [0.4, 0.5) is 4.79 Å². The van der Waals surface area contributed by atoms with Crippen molar-refractivity contribution >= 4 is 16.1 Å². The predicted molar refractivity (Wildman–Crippen MR) is 128 cm³/mol. The van der Waals surface area contributed by atoms with Crippen LogP contribution in [0, 0.1) is 6.92 Å². The summed E-state index contributed by atoms with van der Waals surface area (Å²) in [6.07, 6.45) is 3.28. The van der Waals surface area contributed by atoms with Gasteiger partial charge in [0.15, 0.2) is 0 Å². The molecule has 2 amide bonds. The highest BCUT2D eigenvalue weighted by molar-refractivity contribution is 7.90. The average Bonchev–Trinajstić information content (AvgIpc) is 2.80. The van der Waals surface area contributed by atoms with Gasteiger partial charge in [0.25, 0.3) is 10.0 Å². The smallest absolute Gasteiger partial charge is 0.328 e. The second-order valence-corrected chi connectivity index (χ2v) is 9.43. The molecule has 2 N–H and O–H groups in total. The van der Waals surface area contributed by atoms with Crippen molar-refractivity contribution in [2.45, 2.75) is 30.1 Å². The lowest BCUT2D eigenvalue weighted by atomic mass is 9.71. The summed E-state index contributed by atoms with van der Waals surface area (Å²) in [4.78, 5) is 12.7. The van der Waals surface area contributed by atoms with Crippen LogP contribution in [0.1, 0.15) is 29.5 Å². The summed E-state index contributed by atoms with van der Waals surface area (Å²) in [5.41, 5.74) is 2.47. The summed E-state index contributed by atoms with van der Waals surface area (Å²) < 4.78 is 27.3. The number of allylic oxidation sites excluding steroid dienone is 1. The molecule has 3 aromatic rings. The molecule has 0 saturated carbocycles. The number of aryl methyl sites for hydroxylation is 1. The average molecular weight is 449 g/mol. The molecule has 0 aliphatic heterocycles. The molecule has 0 aliphatic rings. The first kappa shape index (κ1) is 23.3. The van der Waals surface area contributed by atoms with Crippen molar-refractivity contribution in [3.05, 3.63) is 114 Å². The van der Waals surface area contributed by atoms with Gasteiger partial charge in [0.1, 0.15) is 0 Å². The van der Waals surface area contributed by atoms with E-state index in [4.69, 9.17) is 0 Å². The second-order valence-electron chi connectivity index (χ2n) is 7.74. The molecule has 166 valence electrons. The van der Waals surface area contributed by atoms with Crippen LogP contribution in [0.3, 0.4) is 0 Å². The highest BCUT2D eigenvalue weighted by atomic mass is 32.2. The Morgan fingerprint density at radius 3 is 1.94 bits per heavy atom. The van der Waals surface area contributed by atoms with Crippen LogP contribution in [0.5, 0.6) is 0 Å². The number of amides is 2. The zero-order chi connectivity index (χ0) is 23.0. The summed E-state index contributed by atoms with van der Waals surface area (Å²) >= 11 is 0. The van der Waals surface area contributed by atoms with Crippen LogP contribution in [0.2, 0.25) is 0 Å². The minimum Gasteiger partial charge on any atom is -0.336 e. The Balaban J connectivity index is 1.87. The predicted octanol–water partition coefficient (Wildman–Crippen LogP) is 4.94. The van der Waals surface area contributed by atoms with Crippen molar-refractivity contribution < 1.29 is 13.2 Å². The Hall–Kier alpha value is -3.38. The topological polar surface area (TPSA) is 75.3 Å². The van der Waals surface area contributed by atoms with Crippen LogP contribution >= 0.6 is 0 Å². The lowest BCUT2D eigenvalue weighted by molar-refractivity contribution is 0.243. The van der Waals surface area contributed by atoms with Crippen LogP contribution in [0.15, 0.2) is 102 Å². The van der Waals surface area contributed by atoms with Gasteiger partial charge in [-0.3, -0.25) is 0 Å². The summed E-state index contributed by atoms with van der Waals surface area (Å²) in [7, 11) is -3.97. The zero-order valence-corrected chi connectivity index (χ0v) is 18.9. The van der Waals surface area contributed by atoms with Gasteiger partial charge in [-0.25, -0.2) is 17.9 Å². The van der Waals surface area contributed by atoms with E-state index in [-0.39, 0.29) is 11.4 Å². The third kappa shape index (κ3) is 5.45. The molecule has 0 aromatic heterocycles. The number of hydrogen-bond acceptors (Lipinski definition) is 3. The normalized spacial score (nSPS) is 11.5. The van der Waals surface area contributed by atoms with Crippen molar-refractivity contribution in [1.29, 1.82) is 0 Å². The van der Waals surface area contributed by atoms with Gasteiger partial charge in [0.2, 0.25) is 0 Å². The summed E-state index contributed by atoms with van der Waals surface area (Å²) in [5, 5.41) is 2.80. The Kier molecular flexibility index (Phi) is 7.49. The van der Waals surface area contributed by atoms with Crippen LogP contribution in [-0.4, -0.2) is 21.0 Å². The molecule has 0 bridgehead atoms. The summed E-state index contributed by atoms with van der Waals surface area (Å²) in [5.74, 6) is 0. The number of urea groups is 1. The third-order valence-electron chi connectivity index (χ3n) is 5.54. The Labute approximate surface area is 190 Å². The number of hydrogen-bond donors (Lipinski definition) is 2. The molecule has 0 radical (unpaired) electrons. The number of benzene rings is 3. The molecule has 6 heteroatoms. The standard InChI is InChI=1S/C26H28N2O3S/c1-3-4-19-26(22-11-7-5-8-12-22,23-13-9-6-10-14-23)20-27-25(29)28-32(30,31)24-17-15-21(2)16-18-24/h3,5-18H,1,4,19-20H2,2H3,(H2,27,28,29). The molecule has 3 aromatic carbocycles. The maximum Gasteiger partial charge on any atom is 0.328 e. The molecule has 32 heavy (non-hydrogen) atoms. The van der Waals surface area contributed by atoms with Gasteiger partial charge in [-0.15, -0.1) is 6.58 Å². The zero-order valence-electron chi connectivity index (χ0n) is 18.1. The second kappa shape index (κ2) is 10.3. The van der Waals surface area contributed by atoms with Crippen LogP contribution < -0.4 is 10.0 Å². The van der Waals surface area contributed by atoms with E-state index in [2.05, 4.69) is 16.6 Å². The van der Waals surface area contributed by atoms with Gasteiger partial charge in [0, 0.05) is 12.0 Å². The first-order valence-electron chi connectivity index (χ1n) is 10.5. The Morgan fingerprint density at radius 2 is 1.44 bits per heavy atom. The molecule has 5 nitrogen and oxygen atoms in total. The van der Waals surface area contributed by atoms with E-state index >= 15 is 0 Å². The maximum absolute atomic E-state index is 12.7. The molecular formula is C26H28N2O3S. The fourth-order valence-electron chi connectivity index (χ4n) is 3.78. The maximum atomic E-state index is 12.7. The molecule has 0 atom stereocenters. The number of nitrogens with one attached hydrogen (secondary N) is 2. The van der Waals surface area contributed by atoms with E-state index in [1.54, 1.807) is 12.1 Å². The quantitative estimate of drug-likeness (QED) is 0.456. The molecule has 0 unspecified atom stereocenters. The van der Waals surface area contributed by atoms with Crippen molar-refractivity contribution in [2.75, 3.05) is 6.54 Å². The molecule has 3 rings (SSSR count). The van der Waals surface area contributed by atoms with E-state index in [0.717, 1.165) is 23.1 Å². The molecule has 0 fully saturated rings. The van der Waals surface area contributed by atoms with Crippen molar-refractivity contribution in [3.63, 3.8) is 0 Å². The van der Waals surface area contributed by atoms with E-state index in [0.29, 0.717) is 6.42 Å².